The smallest absolute Gasteiger partial charge is 0.271 e. The van der Waals surface area contributed by atoms with E-state index in [-0.39, 0.29) is 5.91 Å². The molecule has 2 aromatic rings. The first-order chi connectivity index (χ1) is 9.20. The van der Waals surface area contributed by atoms with E-state index in [2.05, 4.69) is 33.1 Å². The zero-order valence-electron chi connectivity index (χ0n) is 10.1. The number of nitrogens with zero attached hydrogens (tertiary/aromatic N) is 1. The monoisotopic (exact) mass is 370 g/mol. The van der Waals surface area contributed by atoms with E-state index in [1.54, 1.807) is 31.4 Å². The molecule has 0 unspecified atom stereocenters. The van der Waals surface area contributed by atoms with Crippen LogP contribution in [0, 0.1) is 3.57 Å². The number of furan rings is 1. The van der Waals surface area contributed by atoms with Gasteiger partial charge in [-0.15, -0.1) is 0 Å². The molecule has 98 valence electrons. The molecule has 0 bridgehead atoms. The summed E-state index contributed by atoms with van der Waals surface area (Å²) in [7, 11) is 1.56. The quantitative estimate of drug-likeness (QED) is 0.511. The van der Waals surface area contributed by atoms with Crippen LogP contribution < -0.4 is 10.2 Å². The molecular formula is C13H11IN2O3. The minimum absolute atomic E-state index is 0.308. The Morgan fingerprint density at radius 3 is 3.00 bits per heavy atom. The van der Waals surface area contributed by atoms with Gasteiger partial charge in [-0.1, -0.05) is 0 Å². The van der Waals surface area contributed by atoms with E-state index >= 15 is 0 Å². The molecule has 1 aromatic heterocycles. The van der Waals surface area contributed by atoms with E-state index < -0.39 is 0 Å². The third kappa shape index (κ3) is 3.57. The molecule has 1 amide bonds. The van der Waals surface area contributed by atoms with Gasteiger partial charge in [0.25, 0.3) is 5.91 Å². The van der Waals surface area contributed by atoms with Gasteiger partial charge in [0.05, 0.1) is 23.2 Å². The fourth-order valence-electron chi connectivity index (χ4n) is 1.38. The number of ether oxygens (including phenoxy) is 1. The molecule has 0 atom stereocenters. The van der Waals surface area contributed by atoms with E-state index in [0.29, 0.717) is 17.1 Å². The first-order valence-corrected chi connectivity index (χ1v) is 6.49. The van der Waals surface area contributed by atoms with Gasteiger partial charge in [-0.3, -0.25) is 4.79 Å². The topological polar surface area (TPSA) is 63.8 Å². The first kappa shape index (κ1) is 13.6. The molecule has 0 saturated heterocycles. The molecule has 1 aromatic carbocycles. The van der Waals surface area contributed by atoms with Crippen LogP contribution in [0.15, 0.2) is 46.1 Å². The van der Waals surface area contributed by atoms with Gasteiger partial charge in [0.15, 0.2) is 0 Å². The van der Waals surface area contributed by atoms with Gasteiger partial charge >= 0.3 is 0 Å². The normalized spacial score (nSPS) is 10.6. The van der Waals surface area contributed by atoms with Crippen LogP contribution in [-0.4, -0.2) is 19.2 Å². The predicted octanol–water partition coefficient (Wildman–Crippen LogP) is 2.66. The molecule has 19 heavy (non-hydrogen) atoms. The Morgan fingerprint density at radius 2 is 2.32 bits per heavy atom. The van der Waals surface area contributed by atoms with Gasteiger partial charge in [-0.25, -0.2) is 5.43 Å². The molecule has 1 heterocycles. The summed E-state index contributed by atoms with van der Waals surface area (Å²) >= 11 is 2.14. The highest BCUT2D eigenvalue weighted by Crippen LogP contribution is 2.21. The molecule has 5 nitrogen and oxygen atoms in total. The number of benzene rings is 1. The van der Waals surface area contributed by atoms with Crippen molar-refractivity contribution in [2.75, 3.05) is 7.11 Å². The van der Waals surface area contributed by atoms with Crippen LogP contribution in [0.5, 0.6) is 5.75 Å². The minimum atomic E-state index is -0.308. The number of nitrogens with one attached hydrogen (secondary N) is 1. The molecule has 1 N–H and O–H groups in total. The maximum Gasteiger partial charge on any atom is 0.271 e. The summed E-state index contributed by atoms with van der Waals surface area (Å²) in [6.07, 6.45) is 2.97. The SMILES string of the molecule is COc1cc(C(=O)NN=Cc2ccco2)ccc1I. The molecule has 6 heteroatoms. The number of hydrogen-bond donors (Lipinski definition) is 1. The average Bonchev–Trinajstić information content (AvgIpc) is 2.92. The fraction of sp³-hybridized carbons (Fsp3) is 0.0769. The summed E-state index contributed by atoms with van der Waals surface area (Å²) in [5, 5.41) is 3.81. The Morgan fingerprint density at radius 1 is 1.47 bits per heavy atom. The lowest BCUT2D eigenvalue weighted by atomic mass is 10.2. The Kier molecular flexibility index (Phi) is 4.56. The second kappa shape index (κ2) is 6.37. The maximum atomic E-state index is 11.8. The second-order valence-corrected chi connectivity index (χ2v) is 4.73. The zero-order valence-corrected chi connectivity index (χ0v) is 12.2. The Bertz CT molecular complexity index is 594. The van der Waals surface area contributed by atoms with Crippen molar-refractivity contribution in [2.24, 2.45) is 5.10 Å². The lowest BCUT2D eigenvalue weighted by molar-refractivity contribution is 0.0954. The van der Waals surface area contributed by atoms with Gasteiger partial charge in [-0.05, 0) is 52.9 Å². The van der Waals surface area contributed by atoms with Crippen LogP contribution in [-0.2, 0) is 0 Å². The Labute approximate surface area is 123 Å². The number of hydrazone groups is 1. The summed E-state index contributed by atoms with van der Waals surface area (Å²) in [6, 6.07) is 8.67. The summed E-state index contributed by atoms with van der Waals surface area (Å²) in [6.45, 7) is 0. The van der Waals surface area contributed by atoms with Crippen LogP contribution in [0.4, 0.5) is 0 Å². The second-order valence-electron chi connectivity index (χ2n) is 3.56. The van der Waals surface area contributed by atoms with Crippen molar-refractivity contribution in [1.82, 2.24) is 5.43 Å². The minimum Gasteiger partial charge on any atom is -0.496 e. The van der Waals surface area contributed by atoms with Crippen molar-refractivity contribution < 1.29 is 13.9 Å². The van der Waals surface area contributed by atoms with Crippen molar-refractivity contribution >= 4 is 34.7 Å². The van der Waals surface area contributed by atoms with Crippen molar-refractivity contribution in [2.45, 2.75) is 0 Å². The molecule has 0 aliphatic carbocycles. The number of hydrogen-bond acceptors (Lipinski definition) is 4. The van der Waals surface area contributed by atoms with Gasteiger partial charge in [0.1, 0.15) is 11.5 Å². The number of rotatable bonds is 4. The lowest BCUT2D eigenvalue weighted by Gasteiger charge is -2.05. The molecule has 0 spiro atoms. The van der Waals surface area contributed by atoms with Crippen molar-refractivity contribution in [1.29, 1.82) is 0 Å². The van der Waals surface area contributed by atoms with Gasteiger partial charge < -0.3 is 9.15 Å². The summed E-state index contributed by atoms with van der Waals surface area (Å²) in [4.78, 5) is 11.8. The summed E-state index contributed by atoms with van der Waals surface area (Å²) in [5.74, 6) is 0.918. The van der Waals surface area contributed by atoms with Crippen molar-refractivity contribution in [3.05, 3.63) is 51.5 Å². The Hall–Kier alpha value is -1.83. The molecule has 0 saturated carbocycles. The highest BCUT2D eigenvalue weighted by atomic mass is 127. The summed E-state index contributed by atoms with van der Waals surface area (Å²) < 4.78 is 11.2. The molecule has 0 fully saturated rings. The van der Waals surface area contributed by atoms with Gasteiger partial charge in [0.2, 0.25) is 0 Å². The van der Waals surface area contributed by atoms with Crippen LogP contribution in [0.3, 0.4) is 0 Å². The number of methoxy groups -OCH3 is 1. The zero-order chi connectivity index (χ0) is 13.7. The average molecular weight is 370 g/mol. The largest absolute Gasteiger partial charge is 0.496 e. The highest BCUT2D eigenvalue weighted by Gasteiger charge is 2.08. The third-order valence-electron chi connectivity index (χ3n) is 2.31. The van der Waals surface area contributed by atoms with Crippen LogP contribution in [0.2, 0.25) is 0 Å². The van der Waals surface area contributed by atoms with E-state index in [9.17, 15) is 4.79 Å². The van der Waals surface area contributed by atoms with E-state index in [1.165, 1.54) is 12.5 Å². The number of carbonyl (C=O) groups is 1. The lowest BCUT2D eigenvalue weighted by Crippen LogP contribution is -2.17. The molecule has 0 radical (unpaired) electrons. The van der Waals surface area contributed by atoms with E-state index in [1.807, 2.05) is 6.07 Å². The van der Waals surface area contributed by atoms with Gasteiger partial charge in [-0.2, -0.15) is 5.10 Å². The standard InChI is InChI=1S/C13H11IN2O3/c1-18-12-7-9(4-5-11(12)14)13(17)16-15-8-10-3-2-6-19-10/h2-8H,1H3,(H,16,17). The number of amides is 1. The van der Waals surface area contributed by atoms with Crippen LogP contribution in [0.1, 0.15) is 16.1 Å². The number of halogens is 1. The van der Waals surface area contributed by atoms with E-state index in [4.69, 9.17) is 9.15 Å². The van der Waals surface area contributed by atoms with Crippen LogP contribution in [0.25, 0.3) is 0 Å². The predicted molar refractivity (Wildman–Crippen MR) is 79.5 cm³/mol. The Balaban J connectivity index is 2.04. The molecule has 2 rings (SSSR count). The van der Waals surface area contributed by atoms with Crippen molar-refractivity contribution in [3.63, 3.8) is 0 Å². The van der Waals surface area contributed by atoms with Gasteiger partial charge in [0, 0.05) is 5.56 Å². The molecule has 0 aliphatic rings. The maximum absolute atomic E-state index is 11.8. The number of carbonyl (C=O) groups excluding carboxylic acids is 1. The van der Waals surface area contributed by atoms with E-state index in [0.717, 1.165) is 3.57 Å². The first-order valence-electron chi connectivity index (χ1n) is 5.41. The molecule has 0 aliphatic heterocycles. The highest BCUT2D eigenvalue weighted by molar-refractivity contribution is 14.1. The van der Waals surface area contributed by atoms with Crippen molar-refractivity contribution in [3.8, 4) is 5.75 Å². The summed E-state index contributed by atoms with van der Waals surface area (Å²) in [5.41, 5.74) is 2.90. The third-order valence-corrected chi connectivity index (χ3v) is 3.21. The fourth-order valence-corrected chi connectivity index (χ4v) is 1.94. The molecular weight excluding hydrogens is 359 g/mol. The van der Waals surface area contributed by atoms with Crippen LogP contribution >= 0.6 is 22.6 Å².